The lowest BCUT2D eigenvalue weighted by Crippen LogP contribution is -2.37. The highest BCUT2D eigenvalue weighted by Gasteiger charge is 2.22. The molecule has 1 aliphatic rings. The molecule has 1 fully saturated rings. The summed E-state index contributed by atoms with van der Waals surface area (Å²) in [6.07, 6.45) is 2.03. The van der Waals surface area contributed by atoms with Crippen LogP contribution < -0.4 is 9.46 Å². The van der Waals surface area contributed by atoms with E-state index in [9.17, 15) is 13.2 Å². The van der Waals surface area contributed by atoms with Gasteiger partial charge in [-0.15, -0.1) is 0 Å². The van der Waals surface area contributed by atoms with Gasteiger partial charge in [0.1, 0.15) is 10.6 Å². The molecule has 1 aliphatic heterocycles. The van der Waals surface area contributed by atoms with Crippen LogP contribution in [-0.4, -0.2) is 39.4 Å². The number of benzene rings is 2. The van der Waals surface area contributed by atoms with Gasteiger partial charge in [-0.3, -0.25) is 9.52 Å². The van der Waals surface area contributed by atoms with Crippen LogP contribution in [0.5, 0.6) is 5.75 Å². The quantitative estimate of drug-likeness (QED) is 0.852. The lowest BCUT2D eigenvalue weighted by atomic mass is 9.98. The van der Waals surface area contributed by atoms with E-state index in [1.54, 1.807) is 42.5 Å². The SMILES string of the molecule is COc1ccccc1S(=O)(=O)Nc1ccc(C(=O)N2CCC(C)CC2)cc1. The minimum absolute atomic E-state index is 0.0129. The molecule has 0 aliphatic carbocycles. The summed E-state index contributed by atoms with van der Waals surface area (Å²) in [5, 5.41) is 0. The van der Waals surface area contributed by atoms with E-state index in [1.807, 2.05) is 4.90 Å². The largest absolute Gasteiger partial charge is 0.495 e. The molecule has 0 atom stereocenters. The highest BCUT2D eigenvalue weighted by Crippen LogP contribution is 2.25. The number of hydrogen-bond donors (Lipinski definition) is 1. The van der Waals surface area contributed by atoms with Crippen molar-refractivity contribution >= 4 is 21.6 Å². The van der Waals surface area contributed by atoms with E-state index >= 15 is 0 Å². The summed E-state index contributed by atoms with van der Waals surface area (Å²) in [5.74, 6) is 0.915. The maximum Gasteiger partial charge on any atom is 0.265 e. The lowest BCUT2D eigenvalue weighted by molar-refractivity contribution is 0.0697. The molecule has 2 aromatic carbocycles. The Hall–Kier alpha value is -2.54. The number of amides is 1. The first-order chi connectivity index (χ1) is 12.9. The lowest BCUT2D eigenvalue weighted by Gasteiger charge is -2.30. The molecule has 0 aromatic heterocycles. The fourth-order valence-electron chi connectivity index (χ4n) is 3.13. The van der Waals surface area contributed by atoms with Gasteiger partial charge in [0.2, 0.25) is 0 Å². The average molecular weight is 388 g/mol. The van der Waals surface area contributed by atoms with E-state index in [4.69, 9.17) is 4.74 Å². The second-order valence-corrected chi connectivity index (χ2v) is 8.46. The molecular weight excluding hydrogens is 364 g/mol. The first-order valence-electron chi connectivity index (χ1n) is 8.96. The van der Waals surface area contributed by atoms with Crippen molar-refractivity contribution in [3.8, 4) is 5.75 Å². The van der Waals surface area contributed by atoms with E-state index in [1.165, 1.54) is 13.2 Å². The summed E-state index contributed by atoms with van der Waals surface area (Å²) in [6, 6.07) is 12.9. The Morgan fingerprint density at radius 2 is 1.70 bits per heavy atom. The first kappa shape index (κ1) is 19.2. The molecule has 0 saturated carbocycles. The average Bonchev–Trinajstić information content (AvgIpc) is 2.68. The Morgan fingerprint density at radius 3 is 2.33 bits per heavy atom. The Labute approximate surface area is 160 Å². The Bertz CT molecular complexity index is 902. The van der Waals surface area contributed by atoms with E-state index in [-0.39, 0.29) is 16.6 Å². The topological polar surface area (TPSA) is 75.7 Å². The van der Waals surface area contributed by atoms with Crippen LogP contribution in [0.3, 0.4) is 0 Å². The molecule has 144 valence electrons. The van der Waals surface area contributed by atoms with Crippen LogP contribution in [0.15, 0.2) is 53.4 Å². The standard InChI is InChI=1S/C20H24N2O4S/c1-15-11-13-22(14-12-15)20(23)16-7-9-17(10-8-16)21-27(24,25)19-6-4-3-5-18(19)26-2/h3-10,15,21H,11-14H2,1-2H3. The van der Waals surface area contributed by atoms with Crippen LogP contribution in [0, 0.1) is 5.92 Å². The number of piperidine rings is 1. The number of sulfonamides is 1. The van der Waals surface area contributed by atoms with Gasteiger partial charge in [-0.1, -0.05) is 19.1 Å². The number of likely N-dealkylation sites (tertiary alicyclic amines) is 1. The van der Waals surface area contributed by atoms with Gasteiger partial charge in [0.05, 0.1) is 7.11 Å². The minimum Gasteiger partial charge on any atom is -0.495 e. The van der Waals surface area contributed by atoms with Crippen LogP contribution in [0.2, 0.25) is 0 Å². The number of nitrogens with one attached hydrogen (secondary N) is 1. The molecule has 0 spiro atoms. The van der Waals surface area contributed by atoms with Gasteiger partial charge in [-0.2, -0.15) is 0 Å². The second kappa shape index (κ2) is 8.00. The van der Waals surface area contributed by atoms with Gasteiger partial charge in [0.15, 0.2) is 0 Å². The van der Waals surface area contributed by atoms with Gasteiger partial charge in [-0.25, -0.2) is 8.42 Å². The van der Waals surface area contributed by atoms with Crippen molar-refractivity contribution in [2.75, 3.05) is 24.9 Å². The van der Waals surface area contributed by atoms with Crippen molar-refractivity contribution in [1.29, 1.82) is 0 Å². The maximum absolute atomic E-state index is 12.6. The third kappa shape index (κ3) is 4.42. The van der Waals surface area contributed by atoms with E-state index in [0.717, 1.165) is 25.9 Å². The fourth-order valence-corrected chi connectivity index (χ4v) is 4.36. The molecule has 0 radical (unpaired) electrons. The Morgan fingerprint density at radius 1 is 1.07 bits per heavy atom. The number of ether oxygens (including phenoxy) is 1. The maximum atomic E-state index is 12.6. The molecule has 1 N–H and O–H groups in total. The van der Waals surface area contributed by atoms with Crippen molar-refractivity contribution in [2.24, 2.45) is 5.92 Å². The molecule has 1 amide bonds. The van der Waals surface area contributed by atoms with Gasteiger partial charge < -0.3 is 9.64 Å². The highest BCUT2D eigenvalue weighted by molar-refractivity contribution is 7.92. The third-order valence-electron chi connectivity index (χ3n) is 4.81. The van der Waals surface area contributed by atoms with Crippen LogP contribution in [-0.2, 0) is 10.0 Å². The summed E-state index contributed by atoms with van der Waals surface area (Å²) in [5.41, 5.74) is 0.953. The van der Waals surface area contributed by atoms with Crippen molar-refractivity contribution in [1.82, 2.24) is 4.90 Å². The third-order valence-corrected chi connectivity index (χ3v) is 6.23. The summed E-state index contributed by atoms with van der Waals surface area (Å²) < 4.78 is 32.9. The predicted molar refractivity (Wildman–Crippen MR) is 105 cm³/mol. The zero-order valence-electron chi connectivity index (χ0n) is 15.5. The molecule has 3 rings (SSSR count). The second-order valence-electron chi connectivity index (χ2n) is 6.81. The first-order valence-corrected chi connectivity index (χ1v) is 10.4. The summed E-state index contributed by atoms with van der Waals surface area (Å²) in [6.45, 7) is 3.73. The van der Waals surface area contributed by atoms with E-state index in [0.29, 0.717) is 17.2 Å². The normalized spacial score (nSPS) is 15.4. The summed E-state index contributed by atoms with van der Waals surface area (Å²) >= 11 is 0. The minimum atomic E-state index is -3.79. The molecule has 2 aromatic rings. The van der Waals surface area contributed by atoms with E-state index < -0.39 is 10.0 Å². The van der Waals surface area contributed by atoms with Crippen LogP contribution in [0.4, 0.5) is 5.69 Å². The van der Waals surface area contributed by atoms with Crippen molar-refractivity contribution < 1.29 is 17.9 Å². The van der Waals surface area contributed by atoms with Gasteiger partial charge in [0.25, 0.3) is 15.9 Å². The number of anilines is 1. The number of hydrogen-bond acceptors (Lipinski definition) is 4. The molecule has 6 nitrogen and oxygen atoms in total. The molecule has 27 heavy (non-hydrogen) atoms. The molecule has 0 unspecified atom stereocenters. The number of carbonyl (C=O) groups excluding carboxylic acids is 1. The molecular formula is C20H24N2O4S. The van der Waals surface area contributed by atoms with Gasteiger partial charge in [-0.05, 0) is 55.2 Å². The van der Waals surface area contributed by atoms with E-state index in [2.05, 4.69) is 11.6 Å². The highest BCUT2D eigenvalue weighted by atomic mass is 32.2. The van der Waals surface area contributed by atoms with Crippen molar-refractivity contribution in [2.45, 2.75) is 24.7 Å². The number of carbonyl (C=O) groups is 1. The van der Waals surface area contributed by atoms with Crippen molar-refractivity contribution in [3.63, 3.8) is 0 Å². The number of methoxy groups -OCH3 is 1. The van der Waals surface area contributed by atoms with Crippen LogP contribution in [0.1, 0.15) is 30.1 Å². The molecule has 1 heterocycles. The summed E-state index contributed by atoms with van der Waals surface area (Å²) in [7, 11) is -2.36. The zero-order valence-corrected chi connectivity index (χ0v) is 16.3. The van der Waals surface area contributed by atoms with Crippen LogP contribution >= 0.6 is 0 Å². The van der Waals surface area contributed by atoms with Gasteiger partial charge >= 0.3 is 0 Å². The molecule has 7 heteroatoms. The Balaban J connectivity index is 1.73. The molecule has 1 saturated heterocycles. The Kier molecular flexibility index (Phi) is 5.70. The zero-order chi connectivity index (χ0) is 19.4. The van der Waals surface area contributed by atoms with Crippen molar-refractivity contribution in [3.05, 3.63) is 54.1 Å². The monoisotopic (exact) mass is 388 g/mol. The fraction of sp³-hybridized carbons (Fsp3) is 0.350. The summed E-state index contributed by atoms with van der Waals surface area (Å²) in [4.78, 5) is 14.5. The molecule has 0 bridgehead atoms. The smallest absolute Gasteiger partial charge is 0.265 e. The predicted octanol–water partition coefficient (Wildman–Crippen LogP) is 3.37. The number of nitrogens with zero attached hydrogens (tertiary/aromatic N) is 1. The van der Waals surface area contributed by atoms with Crippen LogP contribution in [0.25, 0.3) is 0 Å². The number of rotatable bonds is 5. The van der Waals surface area contributed by atoms with Gasteiger partial charge in [0, 0.05) is 24.3 Å². The number of para-hydroxylation sites is 1.